The number of carbonyl (C=O) groups is 1. The predicted molar refractivity (Wildman–Crippen MR) is 130 cm³/mol. The van der Waals surface area contributed by atoms with E-state index in [0.29, 0.717) is 10.6 Å². The summed E-state index contributed by atoms with van der Waals surface area (Å²) in [5, 5.41) is 3.64. The first-order chi connectivity index (χ1) is 16.0. The molecule has 1 aromatic carbocycles. The first-order valence-electron chi connectivity index (χ1n) is 10.4. The summed E-state index contributed by atoms with van der Waals surface area (Å²) in [7, 11) is 0. The average Bonchev–Trinajstić information content (AvgIpc) is 3.19. The lowest BCUT2D eigenvalue weighted by Gasteiger charge is -2.36. The van der Waals surface area contributed by atoms with Gasteiger partial charge in [-0.2, -0.15) is 0 Å². The van der Waals surface area contributed by atoms with E-state index in [1.165, 1.54) is 29.5 Å². The van der Waals surface area contributed by atoms with Gasteiger partial charge in [0.25, 0.3) is 5.91 Å². The van der Waals surface area contributed by atoms with Crippen LogP contribution in [0.25, 0.3) is 10.2 Å². The lowest BCUT2D eigenvalue weighted by Crippen LogP contribution is -2.47. The Kier molecular flexibility index (Phi) is 5.82. The molecule has 4 aromatic rings. The van der Waals surface area contributed by atoms with E-state index in [2.05, 4.69) is 30.1 Å². The maximum Gasteiger partial charge on any atom is 0.266 e. The second-order valence-electron chi connectivity index (χ2n) is 7.68. The lowest BCUT2D eigenvalue weighted by molar-refractivity contribution is 0.103. The van der Waals surface area contributed by atoms with Crippen LogP contribution < -0.4 is 15.1 Å². The molecule has 0 atom stereocenters. The number of nitrogens with zero attached hydrogens (tertiary/aromatic N) is 5. The fraction of sp³-hybridized carbons (Fsp3) is 0.217. The van der Waals surface area contributed by atoms with Crippen molar-refractivity contribution in [1.29, 1.82) is 0 Å². The van der Waals surface area contributed by atoms with Crippen LogP contribution in [0.2, 0.25) is 5.02 Å². The standard InChI is InChI=1S/C23H20ClFN6OS/c1-14-19-21(31-10-8-30(9-11-31)18-4-2-3-7-26-18)27-13-28-23(19)33-20(14)22(32)29-15-5-6-17(25)16(24)12-15/h2-7,12-13H,8-11H2,1H3,(H,29,32). The Balaban J connectivity index is 1.39. The van der Waals surface area contributed by atoms with Crippen LogP contribution in [0.3, 0.4) is 0 Å². The van der Waals surface area contributed by atoms with E-state index in [4.69, 9.17) is 11.6 Å². The van der Waals surface area contributed by atoms with Crippen LogP contribution in [-0.4, -0.2) is 47.0 Å². The fourth-order valence-corrected chi connectivity index (χ4v) is 5.18. The fourth-order valence-electron chi connectivity index (χ4n) is 3.96. The van der Waals surface area contributed by atoms with Gasteiger partial charge in [-0.1, -0.05) is 17.7 Å². The molecule has 0 unspecified atom stereocenters. The van der Waals surface area contributed by atoms with Gasteiger partial charge in [-0.25, -0.2) is 19.3 Å². The second kappa shape index (κ2) is 8.92. The minimum atomic E-state index is -0.532. The number of piperazine rings is 1. The summed E-state index contributed by atoms with van der Waals surface area (Å²) >= 11 is 7.16. The number of thiophene rings is 1. The van der Waals surface area contributed by atoms with Gasteiger partial charge < -0.3 is 15.1 Å². The van der Waals surface area contributed by atoms with Gasteiger partial charge in [0, 0.05) is 38.1 Å². The molecule has 5 rings (SSSR count). The van der Waals surface area contributed by atoms with Crippen molar-refractivity contribution in [1.82, 2.24) is 15.0 Å². The van der Waals surface area contributed by atoms with Crippen LogP contribution in [0.1, 0.15) is 15.2 Å². The monoisotopic (exact) mass is 482 g/mol. The summed E-state index contributed by atoms with van der Waals surface area (Å²) in [4.78, 5) is 32.2. The highest BCUT2D eigenvalue weighted by atomic mass is 35.5. The molecular formula is C23H20ClFN6OS. The number of benzene rings is 1. The highest BCUT2D eigenvalue weighted by molar-refractivity contribution is 7.20. The summed E-state index contributed by atoms with van der Waals surface area (Å²) in [5.74, 6) is 0.981. The van der Waals surface area contributed by atoms with Crippen molar-refractivity contribution in [2.24, 2.45) is 0 Å². The molecule has 7 nitrogen and oxygen atoms in total. The number of carbonyl (C=O) groups excluding carboxylic acids is 1. The van der Waals surface area contributed by atoms with Gasteiger partial charge >= 0.3 is 0 Å². The quantitative estimate of drug-likeness (QED) is 0.452. The Labute approximate surface area is 198 Å². The molecule has 1 fully saturated rings. The number of rotatable bonds is 4. The van der Waals surface area contributed by atoms with Gasteiger partial charge in [-0.15, -0.1) is 11.3 Å². The van der Waals surface area contributed by atoms with Gasteiger partial charge in [0.15, 0.2) is 0 Å². The van der Waals surface area contributed by atoms with E-state index in [0.717, 1.165) is 53.6 Å². The zero-order chi connectivity index (χ0) is 22.9. The molecular weight excluding hydrogens is 463 g/mol. The average molecular weight is 483 g/mol. The summed E-state index contributed by atoms with van der Waals surface area (Å²) < 4.78 is 13.4. The van der Waals surface area contributed by atoms with Crippen LogP contribution in [0.5, 0.6) is 0 Å². The molecule has 1 N–H and O–H groups in total. The maximum atomic E-state index is 13.4. The van der Waals surface area contributed by atoms with Crippen LogP contribution >= 0.6 is 22.9 Å². The van der Waals surface area contributed by atoms with Crippen molar-refractivity contribution >= 4 is 56.4 Å². The van der Waals surface area contributed by atoms with E-state index in [1.54, 1.807) is 12.5 Å². The van der Waals surface area contributed by atoms with E-state index in [9.17, 15) is 9.18 Å². The minimum Gasteiger partial charge on any atom is -0.353 e. The number of aromatic nitrogens is 3. The SMILES string of the molecule is Cc1c(C(=O)Nc2ccc(F)c(Cl)c2)sc2ncnc(N3CCN(c4ccccn4)CC3)c12. The molecule has 0 radical (unpaired) electrons. The van der Waals surface area contributed by atoms with Crippen LogP contribution in [-0.2, 0) is 0 Å². The lowest BCUT2D eigenvalue weighted by atomic mass is 10.1. The molecule has 0 aliphatic carbocycles. The first kappa shape index (κ1) is 21.5. The molecule has 1 aliphatic rings. The third-order valence-corrected chi connectivity index (χ3v) is 7.13. The molecule has 0 saturated carbocycles. The molecule has 33 heavy (non-hydrogen) atoms. The third kappa shape index (κ3) is 4.21. The summed E-state index contributed by atoms with van der Waals surface area (Å²) in [6.07, 6.45) is 3.34. The largest absolute Gasteiger partial charge is 0.353 e. The van der Waals surface area contributed by atoms with Crippen LogP contribution in [0.15, 0.2) is 48.9 Å². The molecule has 0 bridgehead atoms. The van der Waals surface area contributed by atoms with Crippen LogP contribution in [0.4, 0.5) is 21.7 Å². The summed E-state index contributed by atoms with van der Waals surface area (Å²) in [6, 6.07) is 10.0. The number of fused-ring (bicyclic) bond motifs is 1. The predicted octanol–water partition coefficient (Wildman–Crippen LogP) is 4.77. The first-order valence-corrected chi connectivity index (χ1v) is 11.6. The number of halogens is 2. The molecule has 3 aromatic heterocycles. The van der Waals surface area contributed by atoms with E-state index < -0.39 is 5.82 Å². The number of hydrogen-bond acceptors (Lipinski definition) is 7. The number of hydrogen-bond donors (Lipinski definition) is 1. The number of anilines is 3. The number of nitrogens with one attached hydrogen (secondary N) is 1. The molecule has 1 aliphatic heterocycles. The third-order valence-electron chi connectivity index (χ3n) is 5.64. The van der Waals surface area contributed by atoms with Gasteiger partial charge in [-0.05, 0) is 42.8 Å². The number of aryl methyl sites for hydroxylation is 1. The van der Waals surface area contributed by atoms with Crippen molar-refractivity contribution in [2.45, 2.75) is 6.92 Å². The summed E-state index contributed by atoms with van der Waals surface area (Å²) in [5.41, 5.74) is 1.25. The van der Waals surface area contributed by atoms with E-state index in [-0.39, 0.29) is 10.9 Å². The van der Waals surface area contributed by atoms with Gasteiger partial charge in [0.1, 0.15) is 28.6 Å². The minimum absolute atomic E-state index is 0.0427. The van der Waals surface area contributed by atoms with Gasteiger partial charge in [0.05, 0.1) is 15.3 Å². The van der Waals surface area contributed by atoms with Crippen molar-refractivity contribution in [3.63, 3.8) is 0 Å². The van der Waals surface area contributed by atoms with Crippen molar-refractivity contribution in [3.8, 4) is 0 Å². The molecule has 168 valence electrons. The molecule has 1 amide bonds. The molecule has 1 saturated heterocycles. The highest BCUT2D eigenvalue weighted by Crippen LogP contribution is 2.36. The van der Waals surface area contributed by atoms with Crippen molar-refractivity contribution in [2.75, 3.05) is 41.3 Å². The summed E-state index contributed by atoms with van der Waals surface area (Å²) in [6.45, 7) is 5.12. The van der Waals surface area contributed by atoms with Crippen molar-refractivity contribution < 1.29 is 9.18 Å². The zero-order valence-corrected chi connectivity index (χ0v) is 19.3. The highest BCUT2D eigenvalue weighted by Gasteiger charge is 2.25. The van der Waals surface area contributed by atoms with Gasteiger partial charge in [0.2, 0.25) is 0 Å². The Morgan fingerprint density at radius 3 is 2.61 bits per heavy atom. The molecule has 0 spiro atoms. The molecule has 4 heterocycles. The topological polar surface area (TPSA) is 74.2 Å². The molecule has 10 heteroatoms. The Bertz CT molecular complexity index is 1320. The normalized spacial score (nSPS) is 14.0. The Morgan fingerprint density at radius 2 is 1.88 bits per heavy atom. The van der Waals surface area contributed by atoms with E-state index in [1.807, 2.05) is 25.1 Å². The van der Waals surface area contributed by atoms with E-state index >= 15 is 0 Å². The number of pyridine rings is 1. The van der Waals surface area contributed by atoms with Crippen LogP contribution in [0, 0.1) is 12.7 Å². The Hall–Kier alpha value is -3.30. The Morgan fingerprint density at radius 1 is 1.09 bits per heavy atom. The maximum absolute atomic E-state index is 13.4. The number of amides is 1. The van der Waals surface area contributed by atoms with Gasteiger partial charge in [-0.3, -0.25) is 4.79 Å². The smallest absolute Gasteiger partial charge is 0.266 e. The second-order valence-corrected chi connectivity index (χ2v) is 9.08. The van der Waals surface area contributed by atoms with Crippen molar-refractivity contribution in [3.05, 3.63) is 70.2 Å². The zero-order valence-electron chi connectivity index (χ0n) is 17.8.